The van der Waals surface area contributed by atoms with E-state index in [1.165, 1.54) is 13.0 Å². The van der Waals surface area contributed by atoms with Crippen LogP contribution in [-0.4, -0.2) is 63.5 Å². The van der Waals surface area contributed by atoms with Crippen LogP contribution in [0.25, 0.3) is 0 Å². The van der Waals surface area contributed by atoms with Crippen LogP contribution >= 0.6 is 0 Å². The smallest absolute Gasteiger partial charge is 0.229 e. The molecule has 5 atom stereocenters. The number of ether oxygens (including phenoxy) is 2. The fourth-order valence-corrected chi connectivity index (χ4v) is 2.15. The molecule has 1 fully saturated rings. The first-order valence-electron chi connectivity index (χ1n) is 6.53. The van der Waals surface area contributed by atoms with Gasteiger partial charge in [-0.05, 0) is 19.1 Å². The zero-order chi connectivity index (χ0) is 15.6. The summed E-state index contributed by atoms with van der Waals surface area (Å²) in [4.78, 5) is 11.5. The largest absolute Gasteiger partial charge is 0.461 e. The Kier molecular flexibility index (Phi) is 4.92. The van der Waals surface area contributed by atoms with Crippen molar-refractivity contribution in [3.05, 3.63) is 29.8 Å². The van der Waals surface area contributed by atoms with Gasteiger partial charge >= 0.3 is 0 Å². The zero-order valence-corrected chi connectivity index (χ0v) is 11.4. The Bertz CT molecular complexity index is 502. The third-order valence-electron chi connectivity index (χ3n) is 3.36. The van der Waals surface area contributed by atoms with Gasteiger partial charge in [0.1, 0.15) is 30.2 Å². The van der Waals surface area contributed by atoms with Gasteiger partial charge in [-0.1, -0.05) is 12.1 Å². The van der Waals surface area contributed by atoms with Crippen molar-refractivity contribution in [1.29, 1.82) is 0 Å². The second-order valence-electron chi connectivity index (χ2n) is 4.87. The van der Waals surface area contributed by atoms with Crippen molar-refractivity contribution in [3.63, 3.8) is 0 Å². The van der Waals surface area contributed by atoms with Crippen LogP contribution in [0, 0.1) is 0 Å². The molecule has 2 rings (SSSR count). The summed E-state index contributed by atoms with van der Waals surface area (Å²) in [7, 11) is 0. The normalized spacial score (nSPS) is 32.7. The molecule has 1 aromatic rings. The summed E-state index contributed by atoms with van der Waals surface area (Å²) in [5.74, 6) is -0.0375. The third kappa shape index (κ3) is 3.22. The Morgan fingerprint density at radius 2 is 1.86 bits per heavy atom. The number of benzene rings is 1. The van der Waals surface area contributed by atoms with Crippen LogP contribution in [0.15, 0.2) is 24.3 Å². The molecule has 7 nitrogen and oxygen atoms in total. The van der Waals surface area contributed by atoms with Crippen LogP contribution in [0.1, 0.15) is 17.3 Å². The number of Topliss-reactive ketones (excluding diaryl/α,β-unsaturated/α-hetero) is 1. The van der Waals surface area contributed by atoms with Crippen molar-refractivity contribution in [2.75, 3.05) is 6.61 Å². The van der Waals surface area contributed by atoms with Crippen molar-refractivity contribution < 1.29 is 34.7 Å². The van der Waals surface area contributed by atoms with E-state index in [2.05, 4.69) is 0 Å². The Morgan fingerprint density at radius 3 is 2.48 bits per heavy atom. The number of carbonyl (C=O) groups is 1. The van der Waals surface area contributed by atoms with Gasteiger partial charge in [0.25, 0.3) is 0 Å². The lowest BCUT2D eigenvalue weighted by atomic mass is 9.99. The third-order valence-corrected chi connectivity index (χ3v) is 3.36. The molecule has 1 saturated heterocycles. The van der Waals surface area contributed by atoms with Crippen molar-refractivity contribution in [2.45, 2.75) is 37.6 Å². The molecule has 0 aliphatic carbocycles. The van der Waals surface area contributed by atoms with E-state index in [-0.39, 0.29) is 11.5 Å². The first kappa shape index (κ1) is 15.9. The second-order valence-corrected chi connectivity index (χ2v) is 4.87. The molecule has 4 N–H and O–H groups in total. The van der Waals surface area contributed by atoms with E-state index in [0.29, 0.717) is 5.56 Å². The van der Waals surface area contributed by atoms with Crippen LogP contribution < -0.4 is 4.74 Å². The number of hydrogen-bond donors (Lipinski definition) is 4. The fraction of sp³-hybridized carbons (Fsp3) is 0.500. The lowest BCUT2D eigenvalue weighted by molar-refractivity contribution is -0.277. The molecule has 0 unspecified atom stereocenters. The predicted molar refractivity (Wildman–Crippen MR) is 70.8 cm³/mol. The highest BCUT2D eigenvalue weighted by Crippen LogP contribution is 2.26. The highest BCUT2D eigenvalue weighted by atomic mass is 16.7. The lowest BCUT2D eigenvalue weighted by Gasteiger charge is -2.39. The fourth-order valence-electron chi connectivity index (χ4n) is 2.15. The van der Waals surface area contributed by atoms with Crippen LogP contribution in [0.5, 0.6) is 5.75 Å². The SMILES string of the molecule is CC(=O)c1ccccc1O[C@H]1O[C@@H](CO)[C@@H](O)[C@H](O)[C@H]1O. The number of hydrogen-bond acceptors (Lipinski definition) is 7. The van der Waals surface area contributed by atoms with Gasteiger partial charge in [-0.2, -0.15) is 0 Å². The van der Waals surface area contributed by atoms with Crippen molar-refractivity contribution in [2.24, 2.45) is 0 Å². The molecule has 1 aliphatic heterocycles. The molecule has 0 radical (unpaired) electrons. The Balaban J connectivity index is 2.20. The van der Waals surface area contributed by atoms with Gasteiger partial charge in [0, 0.05) is 0 Å². The van der Waals surface area contributed by atoms with Crippen LogP contribution in [0.4, 0.5) is 0 Å². The zero-order valence-electron chi connectivity index (χ0n) is 11.4. The molecule has 1 aromatic carbocycles. The number of aliphatic hydroxyl groups excluding tert-OH is 4. The Hall–Kier alpha value is -1.51. The monoisotopic (exact) mass is 298 g/mol. The minimum absolute atomic E-state index is 0.189. The van der Waals surface area contributed by atoms with Gasteiger partial charge in [-0.25, -0.2) is 0 Å². The first-order chi connectivity index (χ1) is 9.95. The standard InChI is InChI=1S/C14H18O7/c1-7(16)8-4-2-3-5-9(8)20-14-13(19)12(18)11(17)10(6-15)21-14/h2-5,10-15,17-19H,6H2,1H3/t10-,11+,12-,13+,14-/m0/s1. The molecule has 0 spiro atoms. The van der Waals surface area contributed by atoms with Crippen LogP contribution in [0.2, 0.25) is 0 Å². The molecule has 0 bridgehead atoms. The minimum Gasteiger partial charge on any atom is -0.461 e. The summed E-state index contributed by atoms with van der Waals surface area (Å²) in [6.07, 6.45) is -6.85. The molecular formula is C14H18O7. The molecule has 116 valence electrons. The van der Waals surface area contributed by atoms with E-state index in [1.54, 1.807) is 18.2 Å². The highest BCUT2D eigenvalue weighted by molar-refractivity contribution is 5.96. The number of ketones is 1. The molecule has 0 saturated carbocycles. The van der Waals surface area contributed by atoms with E-state index < -0.39 is 37.3 Å². The summed E-state index contributed by atoms with van der Waals surface area (Å²) in [5, 5.41) is 38.4. The Morgan fingerprint density at radius 1 is 1.19 bits per heavy atom. The van der Waals surface area contributed by atoms with Crippen LogP contribution in [-0.2, 0) is 4.74 Å². The Labute approximate surface area is 121 Å². The van der Waals surface area contributed by atoms with Gasteiger partial charge in [0.2, 0.25) is 6.29 Å². The maximum absolute atomic E-state index is 11.5. The average Bonchev–Trinajstić information content (AvgIpc) is 2.48. The highest BCUT2D eigenvalue weighted by Gasteiger charge is 2.44. The van der Waals surface area contributed by atoms with Gasteiger partial charge in [0.05, 0.1) is 12.2 Å². The topological polar surface area (TPSA) is 116 Å². The summed E-state index contributed by atoms with van der Waals surface area (Å²) >= 11 is 0. The summed E-state index contributed by atoms with van der Waals surface area (Å²) in [6, 6.07) is 6.39. The minimum atomic E-state index is -1.52. The van der Waals surface area contributed by atoms with Crippen molar-refractivity contribution in [1.82, 2.24) is 0 Å². The van der Waals surface area contributed by atoms with Gasteiger partial charge in [-0.3, -0.25) is 4.79 Å². The van der Waals surface area contributed by atoms with Gasteiger partial charge in [-0.15, -0.1) is 0 Å². The van der Waals surface area contributed by atoms with E-state index in [9.17, 15) is 20.1 Å². The van der Waals surface area contributed by atoms with E-state index in [4.69, 9.17) is 14.6 Å². The molecule has 7 heteroatoms. The van der Waals surface area contributed by atoms with Crippen molar-refractivity contribution >= 4 is 5.78 Å². The molecule has 1 heterocycles. The molecule has 0 amide bonds. The number of para-hydroxylation sites is 1. The van der Waals surface area contributed by atoms with E-state index in [0.717, 1.165) is 0 Å². The quantitative estimate of drug-likeness (QED) is 0.530. The predicted octanol–water partition coefficient (Wildman–Crippen LogP) is -0.932. The summed E-state index contributed by atoms with van der Waals surface area (Å²) in [5.41, 5.74) is 0.300. The number of carbonyl (C=O) groups excluding carboxylic acids is 1. The lowest BCUT2D eigenvalue weighted by Crippen LogP contribution is -2.60. The number of aliphatic hydroxyl groups is 4. The molecule has 21 heavy (non-hydrogen) atoms. The number of rotatable bonds is 4. The molecule has 1 aliphatic rings. The van der Waals surface area contributed by atoms with E-state index in [1.807, 2.05) is 0 Å². The van der Waals surface area contributed by atoms with E-state index >= 15 is 0 Å². The van der Waals surface area contributed by atoms with Gasteiger partial charge in [0.15, 0.2) is 5.78 Å². The van der Waals surface area contributed by atoms with Crippen LogP contribution in [0.3, 0.4) is 0 Å². The first-order valence-corrected chi connectivity index (χ1v) is 6.53. The summed E-state index contributed by atoms with van der Waals surface area (Å²) < 4.78 is 10.7. The maximum Gasteiger partial charge on any atom is 0.229 e. The van der Waals surface area contributed by atoms with Gasteiger partial charge < -0.3 is 29.9 Å². The molecule has 0 aromatic heterocycles. The van der Waals surface area contributed by atoms with Crippen molar-refractivity contribution in [3.8, 4) is 5.75 Å². The molecular weight excluding hydrogens is 280 g/mol. The average molecular weight is 298 g/mol. The maximum atomic E-state index is 11.5. The second kappa shape index (κ2) is 6.50. The summed E-state index contributed by atoms with van der Waals surface area (Å²) in [6.45, 7) is 0.828.